The zero-order chi connectivity index (χ0) is 15.2. The Bertz CT molecular complexity index is 547. The Balaban J connectivity index is 1.73. The van der Waals surface area contributed by atoms with Crippen LogP contribution in [0.5, 0.6) is 5.75 Å². The molecule has 4 nitrogen and oxygen atoms in total. The van der Waals surface area contributed by atoms with Crippen molar-refractivity contribution in [2.45, 2.75) is 26.5 Å². The number of benzene rings is 1. The van der Waals surface area contributed by atoms with E-state index < -0.39 is 6.10 Å². The van der Waals surface area contributed by atoms with Gasteiger partial charge in [0.25, 0.3) is 0 Å². The molecule has 0 saturated heterocycles. The van der Waals surface area contributed by atoms with Crippen LogP contribution in [0.25, 0.3) is 0 Å². The molecule has 0 aliphatic rings. The van der Waals surface area contributed by atoms with Gasteiger partial charge in [-0.3, -0.25) is 4.90 Å². The fourth-order valence-corrected chi connectivity index (χ4v) is 2.14. The molecule has 1 atom stereocenters. The molecular formula is C17H23NO3. The molecule has 1 heterocycles. The van der Waals surface area contributed by atoms with Gasteiger partial charge < -0.3 is 14.3 Å². The highest BCUT2D eigenvalue weighted by Gasteiger charge is 2.11. The fourth-order valence-electron chi connectivity index (χ4n) is 2.14. The number of likely N-dealkylation sites (N-methyl/N-ethyl adjacent to an activating group) is 1. The van der Waals surface area contributed by atoms with Gasteiger partial charge in [0, 0.05) is 6.54 Å². The molecule has 1 aromatic heterocycles. The largest absolute Gasteiger partial charge is 0.491 e. The third-order valence-electron chi connectivity index (χ3n) is 3.21. The van der Waals surface area contributed by atoms with Gasteiger partial charge in [0.05, 0.1) is 6.54 Å². The number of ether oxygens (including phenoxy) is 1. The van der Waals surface area contributed by atoms with E-state index in [4.69, 9.17) is 9.15 Å². The lowest BCUT2D eigenvalue weighted by Gasteiger charge is -2.19. The number of nitrogens with zero attached hydrogens (tertiary/aromatic N) is 1. The lowest BCUT2D eigenvalue weighted by Crippen LogP contribution is -2.32. The number of aryl methyl sites for hydroxylation is 2. The van der Waals surface area contributed by atoms with Crippen LogP contribution in [-0.4, -0.2) is 36.3 Å². The Morgan fingerprint density at radius 1 is 1.14 bits per heavy atom. The number of hydrogen-bond donors (Lipinski definition) is 1. The summed E-state index contributed by atoms with van der Waals surface area (Å²) in [6, 6.07) is 11.7. The molecule has 4 heteroatoms. The molecule has 0 aliphatic carbocycles. The Hall–Kier alpha value is -1.78. The van der Waals surface area contributed by atoms with Crippen LogP contribution >= 0.6 is 0 Å². The van der Waals surface area contributed by atoms with E-state index in [0.29, 0.717) is 13.1 Å². The minimum Gasteiger partial charge on any atom is -0.491 e. The quantitative estimate of drug-likeness (QED) is 0.851. The van der Waals surface area contributed by atoms with E-state index in [1.807, 2.05) is 62.2 Å². The third-order valence-corrected chi connectivity index (χ3v) is 3.21. The fraction of sp³-hybridized carbons (Fsp3) is 0.412. The van der Waals surface area contributed by atoms with Crippen LogP contribution in [0.15, 0.2) is 40.8 Å². The predicted octanol–water partition coefficient (Wildman–Crippen LogP) is 2.77. The zero-order valence-electron chi connectivity index (χ0n) is 12.9. The average molecular weight is 289 g/mol. The lowest BCUT2D eigenvalue weighted by atomic mass is 10.2. The SMILES string of the molecule is Cc1ccc(OCC(O)CN(C)Cc2ccc(C)o2)cc1. The highest BCUT2D eigenvalue weighted by molar-refractivity contribution is 5.26. The molecule has 1 N–H and O–H groups in total. The van der Waals surface area contributed by atoms with E-state index in [0.717, 1.165) is 17.3 Å². The second kappa shape index (κ2) is 7.29. The molecule has 2 rings (SSSR count). The minimum absolute atomic E-state index is 0.282. The topological polar surface area (TPSA) is 45.8 Å². The summed E-state index contributed by atoms with van der Waals surface area (Å²) in [6.07, 6.45) is -0.535. The van der Waals surface area contributed by atoms with Crippen molar-refractivity contribution in [2.24, 2.45) is 0 Å². The van der Waals surface area contributed by atoms with Crippen LogP contribution in [0, 0.1) is 13.8 Å². The maximum atomic E-state index is 10.0. The number of furan rings is 1. The van der Waals surface area contributed by atoms with Gasteiger partial charge in [0.1, 0.15) is 30.0 Å². The van der Waals surface area contributed by atoms with E-state index in [1.165, 1.54) is 5.56 Å². The molecule has 0 aliphatic heterocycles. The molecule has 0 radical (unpaired) electrons. The Morgan fingerprint density at radius 3 is 2.48 bits per heavy atom. The average Bonchev–Trinajstić information content (AvgIpc) is 2.83. The van der Waals surface area contributed by atoms with Crippen LogP contribution < -0.4 is 4.74 Å². The maximum absolute atomic E-state index is 10.0. The molecule has 0 saturated carbocycles. The van der Waals surface area contributed by atoms with Crippen molar-refractivity contribution >= 4 is 0 Å². The Kier molecular flexibility index (Phi) is 5.42. The molecule has 0 fully saturated rings. The van der Waals surface area contributed by atoms with E-state index in [9.17, 15) is 5.11 Å². The molecule has 21 heavy (non-hydrogen) atoms. The lowest BCUT2D eigenvalue weighted by molar-refractivity contribution is 0.0724. The molecule has 1 aromatic carbocycles. The van der Waals surface area contributed by atoms with Gasteiger partial charge in [-0.25, -0.2) is 0 Å². The van der Waals surface area contributed by atoms with Gasteiger partial charge >= 0.3 is 0 Å². The first-order valence-electron chi connectivity index (χ1n) is 7.14. The highest BCUT2D eigenvalue weighted by atomic mass is 16.5. The maximum Gasteiger partial charge on any atom is 0.119 e. The predicted molar refractivity (Wildman–Crippen MR) is 82.5 cm³/mol. The van der Waals surface area contributed by atoms with Gasteiger partial charge in [-0.1, -0.05) is 17.7 Å². The van der Waals surface area contributed by atoms with E-state index >= 15 is 0 Å². The normalized spacial score (nSPS) is 12.6. The summed E-state index contributed by atoms with van der Waals surface area (Å²) < 4.78 is 11.1. The first-order valence-corrected chi connectivity index (χ1v) is 7.14. The second-order valence-electron chi connectivity index (χ2n) is 5.49. The number of aliphatic hydroxyl groups excluding tert-OH is 1. The van der Waals surface area contributed by atoms with Gasteiger partial charge in [-0.2, -0.15) is 0 Å². The van der Waals surface area contributed by atoms with Crippen LogP contribution in [0.4, 0.5) is 0 Å². The summed E-state index contributed by atoms with van der Waals surface area (Å²) in [6.45, 7) is 5.45. The van der Waals surface area contributed by atoms with Crippen LogP contribution in [0.3, 0.4) is 0 Å². The van der Waals surface area contributed by atoms with E-state index in [1.54, 1.807) is 0 Å². The number of rotatable bonds is 7. The van der Waals surface area contributed by atoms with Gasteiger partial charge in [-0.15, -0.1) is 0 Å². The van der Waals surface area contributed by atoms with Gasteiger partial charge in [0.2, 0.25) is 0 Å². The summed E-state index contributed by atoms with van der Waals surface area (Å²) in [5.41, 5.74) is 1.19. The van der Waals surface area contributed by atoms with Crippen molar-refractivity contribution in [3.8, 4) is 5.75 Å². The first kappa shape index (κ1) is 15.6. The number of aliphatic hydroxyl groups is 1. The summed E-state index contributed by atoms with van der Waals surface area (Å²) in [5.74, 6) is 2.59. The van der Waals surface area contributed by atoms with Crippen molar-refractivity contribution in [3.63, 3.8) is 0 Å². The van der Waals surface area contributed by atoms with Crippen molar-refractivity contribution in [1.82, 2.24) is 4.90 Å². The van der Waals surface area contributed by atoms with E-state index in [-0.39, 0.29) is 6.61 Å². The van der Waals surface area contributed by atoms with Gasteiger partial charge in [0.15, 0.2) is 0 Å². The minimum atomic E-state index is -0.535. The Labute approximate surface area is 126 Å². The van der Waals surface area contributed by atoms with Gasteiger partial charge in [-0.05, 0) is 45.2 Å². The molecule has 114 valence electrons. The monoisotopic (exact) mass is 289 g/mol. The summed E-state index contributed by atoms with van der Waals surface area (Å²) in [7, 11) is 1.95. The molecular weight excluding hydrogens is 266 g/mol. The second-order valence-corrected chi connectivity index (χ2v) is 5.49. The van der Waals surface area contributed by atoms with Crippen LogP contribution in [-0.2, 0) is 6.54 Å². The summed E-state index contributed by atoms with van der Waals surface area (Å²) >= 11 is 0. The van der Waals surface area contributed by atoms with Crippen molar-refractivity contribution in [2.75, 3.05) is 20.2 Å². The first-order chi connectivity index (χ1) is 10.0. The molecule has 2 aromatic rings. The van der Waals surface area contributed by atoms with Crippen molar-refractivity contribution in [1.29, 1.82) is 0 Å². The summed E-state index contributed by atoms with van der Waals surface area (Å²) in [4.78, 5) is 2.02. The smallest absolute Gasteiger partial charge is 0.119 e. The standard InChI is InChI=1S/C17H23NO3/c1-13-4-7-16(8-5-13)20-12-15(19)10-18(3)11-17-9-6-14(2)21-17/h4-9,15,19H,10-12H2,1-3H3. The Morgan fingerprint density at radius 2 is 1.86 bits per heavy atom. The van der Waals surface area contributed by atoms with Crippen LogP contribution in [0.1, 0.15) is 17.1 Å². The molecule has 0 bridgehead atoms. The zero-order valence-corrected chi connectivity index (χ0v) is 12.9. The van der Waals surface area contributed by atoms with Crippen LogP contribution in [0.2, 0.25) is 0 Å². The molecule has 0 amide bonds. The summed E-state index contributed by atoms with van der Waals surface area (Å²) in [5, 5.41) is 10.0. The van der Waals surface area contributed by atoms with Crippen molar-refractivity contribution in [3.05, 3.63) is 53.5 Å². The molecule has 1 unspecified atom stereocenters. The number of hydrogen-bond acceptors (Lipinski definition) is 4. The highest BCUT2D eigenvalue weighted by Crippen LogP contribution is 2.12. The molecule has 0 spiro atoms. The van der Waals surface area contributed by atoms with E-state index in [2.05, 4.69) is 0 Å². The third kappa shape index (κ3) is 5.25. The van der Waals surface area contributed by atoms with Crippen molar-refractivity contribution < 1.29 is 14.3 Å².